The molecule has 0 unspecified atom stereocenters. The highest BCUT2D eigenvalue weighted by atomic mass is 35.5. The zero-order chi connectivity index (χ0) is 12.8. The summed E-state index contributed by atoms with van der Waals surface area (Å²) in [5, 5.41) is 10.6. The molecule has 1 heterocycles. The Labute approximate surface area is 115 Å². The van der Waals surface area contributed by atoms with Crippen LogP contribution in [0.2, 0.25) is 10.4 Å². The fourth-order valence-electron chi connectivity index (χ4n) is 1.55. The summed E-state index contributed by atoms with van der Waals surface area (Å²) in [6.07, 6.45) is 1.97. The van der Waals surface area contributed by atoms with E-state index >= 15 is 0 Å². The molecule has 1 aromatic heterocycles. The van der Waals surface area contributed by atoms with Gasteiger partial charge in [-0.25, -0.2) is 0 Å². The van der Waals surface area contributed by atoms with Gasteiger partial charge < -0.3 is 5.32 Å². The van der Waals surface area contributed by atoms with Gasteiger partial charge in [-0.05, 0) is 30.0 Å². The predicted octanol–water partition coefficient (Wildman–Crippen LogP) is 3.22. The molecule has 2 rings (SSSR count). The topological polar surface area (TPSA) is 50.7 Å². The molecular formula is C12H12Cl2N4. The number of aromatic nitrogens is 3. The van der Waals surface area contributed by atoms with E-state index in [1.807, 2.05) is 18.2 Å². The molecule has 0 aliphatic heterocycles. The molecule has 1 aromatic carbocycles. The van der Waals surface area contributed by atoms with Crippen LogP contribution in [0.1, 0.15) is 12.0 Å². The lowest BCUT2D eigenvalue weighted by Gasteiger charge is -2.06. The minimum atomic E-state index is 0.0879. The van der Waals surface area contributed by atoms with Gasteiger partial charge in [0.1, 0.15) is 0 Å². The average Bonchev–Trinajstić information content (AvgIpc) is 2.40. The highest BCUT2D eigenvalue weighted by Crippen LogP contribution is 2.16. The second kappa shape index (κ2) is 6.52. The van der Waals surface area contributed by atoms with Crippen molar-refractivity contribution in [1.29, 1.82) is 0 Å². The normalized spacial score (nSPS) is 10.3. The molecule has 94 valence electrons. The Balaban J connectivity index is 1.80. The Hall–Kier alpha value is -1.39. The fraction of sp³-hybridized carbons (Fsp3) is 0.250. The van der Waals surface area contributed by atoms with Crippen LogP contribution in [0.5, 0.6) is 0 Å². The average molecular weight is 283 g/mol. The first kappa shape index (κ1) is 13.1. The molecule has 0 aliphatic rings. The van der Waals surface area contributed by atoms with Crippen molar-refractivity contribution in [2.75, 3.05) is 11.9 Å². The van der Waals surface area contributed by atoms with Gasteiger partial charge in [-0.3, -0.25) is 0 Å². The Kier molecular flexibility index (Phi) is 4.73. The number of rotatable bonds is 5. The van der Waals surface area contributed by atoms with Crippen LogP contribution in [0, 0.1) is 0 Å². The van der Waals surface area contributed by atoms with E-state index in [4.69, 9.17) is 23.2 Å². The number of anilines is 1. The first-order valence-corrected chi connectivity index (χ1v) is 6.35. The molecule has 6 heteroatoms. The third-order valence-electron chi connectivity index (χ3n) is 2.40. The fourth-order valence-corrected chi connectivity index (χ4v) is 1.82. The van der Waals surface area contributed by atoms with Gasteiger partial charge in [-0.1, -0.05) is 41.9 Å². The van der Waals surface area contributed by atoms with Gasteiger partial charge in [0.05, 0.1) is 0 Å². The quantitative estimate of drug-likeness (QED) is 0.856. The van der Waals surface area contributed by atoms with Crippen molar-refractivity contribution in [2.45, 2.75) is 12.8 Å². The first-order chi connectivity index (χ1) is 8.75. The number of halogens is 2. The molecule has 18 heavy (non-hydrogen) atoms. The Bertz CT molecular complexity index is 505. The standard InChI is InChI=1S/C12H12Cl2N4/c13-10-11(16-12(14)18-17-10)15-8-4-7-9-5-2-1-3-6-9/h1-3,5-6H,4,7-8H2,(H,15,16,18). The number of aryl methyl sites for hydroxylation is 1. The van der Waals surface area contributed by atoms with Crippen molar-refractivity contribution >= 4 is 29.0 Å². The molecule has 0 saturated heterocycles. The van der Waals surface area contributed by atoms with Crippen LogP contribution >= 0.6 is 23.2 Å². The minimum absolute atomic E-state index is 0.0879. The Morgan fingerprint density at radius 3 is 2.61 bits per heavy atom. The highest BCUT2D eigenvalue weighted by Gasteiger charge is 2.04. The van der Waals surface area contributed by atoms with E-state index in [0.717, 1.165) is 19.4 Å². The summed E-state index contributed by atoms with van der Waals surface area (Å²) in [5.74, 6) is 0.477. The molecule has 0 atom stereocenters. The lowest BCUT2D eigenvalue weighted by atomic mass is 10.1. The van der Waals surface area contributed by atoms with Gasteiger partial charge >= 0.3 is 0 Å². The van der Waals surface area contributed by atoms with Crippen LogP contribution in [-0.4, -0.2) is 21.7 Å². The highest BCUT2D eigenvalue weighted by molar-refractivity contribution is 6.32. The molecule has 4 nitrogen and oxygen atoms in total. The molecule has 1 N–H and O–H groups in total. The van der Waals surface area contributed by atoms with Crippen LogP contribution < -0.4 is 5.32 Å². The van der Waals surface area contributed by atoms with Gasteiger partial charge in [-0.15, -0.1) is 10.2 Å². The molecule has 0 saturated carbocycles. The van der Waals surface area contributed by atoms with E-state index in [1.165, 1.54) is 5.56 Å². The number of nitrogens with zero attached hydrogens (tertiary/aromatic N) is 3. The van der Waals surface area contributed by atoms with Gasteiger partial charge in [0, 0.05) is 6.54 Å². The summed E-state index contributed by atoms with van der Waals surface area (Å²) in [6.45, 7) is 0.754. The monoisotopic (exact) mass is 282 g/mol. The molecule has 0 spiro atoms. The summed E-state index contributed by atoms with van der Waals surface area (Å²) in [5.41, 5.74) is 1.31. The third kappa shape index (κ3) is 3.82. The van der Waals surface area contributed by atoms with Crippen LogP contribution in [-0.2, 0) is 6.42 Å². The molecule has 0 radical (unpaired) electrons. The van der Waals surface area contributed by atoms with Crippen molar-refractivity contribution in [3.63, 3.8) is 0 Å². The first-order valence-electron chi connectivity index (χ1n) is 5.59. The second-order valence-corrected chi connectivity index (χ2v) is 4.43. The molecular weight excluding hydrogens is 271 g/mol. The smallest absolute Gasteiger partial charge is 0.245 e. The van der Waals surface area contributed by atoms with Crippen molar-refractivity contribution in [3.05, 3.63) is 46.3 Å². The third-order valence-corrected chi connectivity index (χ3v) is 2.81. The van der Waals surface area contributed by atoms with Crippen LogP contribution in [0.4, 0.5) is 5.82 Å². The van der Waals surface area contributed by atoms with Crippen LogP contribution in [0.3, 0.4) is 0 Å². The van der Waals surface area contributed by atoms with E-state index in [9.17, 15) is 0 Å². The summed E-state index contributed by atoms with van der Waals surface area (Å²) in [4.78, 5) is 3.97. The predicted molar refractivity (Wildman–Crippen MR) is 73.1 cm³/mol. The van der Waals surface area contributed by atoms with Gasteiger partial charge in [0.2, 0.25) is 5.28 Å². The largest absolute Gasteiger partial charge is 0.367 e. The Morgan fingerprint density at radius 1 is 1.06 bits per heavy atom. The van der Waals surface area contributed by atoms with Gasteiger partial charge in [0.25, 0.3) is 0 Å². The zero-order valence-electron chi connectivity index (χ0n) is 9.61. The Morgan fingerprint density at radius 2 is 1.83 bits per heavy atom. The van der Waals surface area contributed by atoms with Crippen molar-refractivity contribution in [3.8, 4) is 0 Å². The van der Waals surface area contributed by atoms with Gasteiger partial charge in [0.15, 0.2) is 11.0 Å². The van der Waals surface area contributed by atoms with E-state index in [2.05, 4.69) is 32.6 Å². The summed E-state index contributed by atoms with van der Waals surface area (Å²) < 4.78 is 0. The van der Waals surface area contributed by atoms with E-state index in [0.29, 0.717) is 5.82 Å². The number of hydrogen-bond donors (Lipinski definition) is 1. The van der Waals surface area contributed by atoms with Crippen LogP contribution in [0.25, 0.3) is 0 Å². The van der Waals surface area contributed by atoms with E-state index < -0.39 is 0 Å². The zero-order valence-corrected chi connectivity index (χ0v) is 11.1. The second-order valence-electron chi connectivity index (χ2n) is 3.74. The van der Waals surface area contributed by atoms with Crippen molar-refractivity contribution in [1.82, 2.24) is 15.2 Å². The number of nitrogens with one attached hydrogen (secondary N) is 1. The summed E-state index contributed by atoms with van der Waals surface area (Å²) >= 11 is 11.5. The molecule has 0 amide bonds. The lowest BCUT2D eigenvalue weighted by molar-refractivity contribution is 0.852. The number of benzene rings is 1. The number of hydrogen-bond acceptors (Lipinski definition) is 4. The molecule has 0 fully saturated rings. The van der Waals surface area contributed by atoms with Crippen molar-refractivity contribution < 1.29 is 0 Å². The summed E-state index contributed by atoms with van der Waals surface area (Å²) in [6, 6.07) is 10.3. The SMILES string of the molecule is Clc1nnc(Cl)c(NCCCc2ccccc2)n1. The van der Waals surface area contributed by atoms with E-state index in [1.54, 1.807) is 0 Å². The van der Waals surface area contributed by atoms with Crippen molar-refractivity contribution in [2.24, 2.45) is 0 Å². The molecule has 0 aliphatic carbocycles. The maximum atomic E-state index is 5.83. The lowest BCUT2D eigenvalue weighted by Crippen LogP contribution is -2.06. The molecule has 2 aromatic rings. The van der Waals surface area contributed by atoms with E-state index in [-0.39, 0.29) is 10.4 Å². The molecule has 0 bridgehead atoms. The summed E-state index contributed by atoms with van der Waals surface area (Å²) in [7, 11) is 0. The maximum absolute atomic E-state index is 5.83. The maximum Gasteiger partial charge on any atom is 0.245 e. The van der Waals surface area contributed by atoms with Crippen LogP contribution in [0.15, 0.2) is 30.3 Å². The minimum Gasteiger partial charge on any atom is -0.367 e. The van der Waals surface area contributed by atoms with Gasteiger partial charge in [-0.2, -0.15) is 4.98 Å².